The molecule has 1 aliphatic carbocycles. The molecule has 1 aliphatic rings. The molecule has 0 bridgehead atoms. The van der Waals surface area contributed by atoms with Crippen molar-refractivity contribution in [1.82, 2.24) is 4.90 Å². The van der Waals surface area contributed by atoms with E-state index in [1.54, 1.807) is 0 Å². The summed E-state index contributed by atoms with van der Waals surface area (Å²) < 4.78 is 0. The molecule has 1 rings (SSSR count). The van der Waals surface area contributed by atoms with Gasteiger partial charge in [0.15, 0.2) is 0 Å². The Bertz CT molecular complexity index is 222. The van der Waals surface area contributed by atoms with Crippen molar-refractivity contribution < 1.29 is 9.90 Å². The van der Waals surface area contributed by atoms with Gasteiger partial charge in [-0.3, -0.25) is 9.69 Å². The molecule has 0 radical (unpaired) electrons. The number of carbonyl (C=O) groups is 1. The lowest BCUT2D eigenvalue weighted by Gasteiger charge is -2.28. The van der Waals surface area contributed by atoms with Crippen molar-refractivity contribution in [2.75, 3.05) is 19.7 Å². The van der Waals surface area contributed by atoms with Crippen LogP contribution in [0.2, 0.25) is 0 Å². The normalized spacial score (nSPS) is 17.9. The van der Waals surface area contributed by atoms with E-state index in [4.69, 9.17) is 5.11 Å². The van der Waals surface area contributed by atoms with Crippen molar-refractivity contribution in [2.45, 2.75) is 58.4 Å². The summed E-state index contributed by atoms with van der Waals surface area (Å²) >= 11 is 0. The van der Waals surface area contributed by atoms with E-state index in [1.807, 2.05) is 0 Å². The summed E-state index contributed by atoms with van der Waals surface area (Å²) in [6.45, 7) is 5.84. The molecule has 1 N–H and O–H groups in total. The molecule has 0 spiro atoms. The van der Waals surface area contributed by atoms with Crippen molar-refractivity contribution in [2.24, 2.45) is 5.92 Å². The molecule has 0 heterocycles. The van der Waals surface area contributed by atoms with Gasteiger partial charge >= 0.3 is 0 Å². The lowest BCUT2D eigenvalue weighted by atomic mass is 9.86. The molecule has 0 aromatic carbocycles. The first-order valence-electron chi connectivity index (χ1n) is 7.02. The van der Waals surface area contributed by atoms with Crippen molar-refractivity contribution in [1.29, 1.82) is 0 Å². The Morgan fingerprint density at radius 3 is 2.47 bits per heavy atom. The lowest BCUT2D eigenvalue weighted by molar-refractivity contribution is -0.125. The number of ketones is 1. The third kappa shape index (κ3) is 5.17. The molecular weight excluding hydrogens is 214 g/mol. The van der Waals surface area contributed by atoms with Crippen LogP contribution < -0.4 is 0 Å². The Hall–Kier alpha value is -0.410. The van der Waals surface area contributed by atoms with Gasteiger partial charge in [0.2, 0.25) is 0 Å². The second kappa shape index (κ2) is 7.83. The summed E-state index contributed by atoms with van der Waals surface area (Å²) in [5.74, 6) is 0.718. The maximum Gasteiger partial charge on any atom is 0.149 e. The molecule has 17 heavy (non-hydrogen) atoms. The summed E-state index contributed by atoms with van der Waals surface area (Å²) in [6.07, 6.45) is 6.66. The van der Waals surface area contributed by atoms with Gasteiger partial charge in [-0.05, 0) is 33.1 Å². The van der Waals surface area contributed by atoms with Crippen molar-refractivity contribution >= 4 is 5.78 Å². The standard InChI is InChI=1S/C14H27NO2/c1-12(2)15(9-6-10-16)11-14(17)13-7-4-3-5-8-13/h12-13,16H,3-11H2,1-2H3. The highest BCUT2D eigenvalue weighted by Gasteiger charge is 2.23. The molecule has 0 unspecified atom stereocenters. The van der Waals surface area contributed by atoms with Crippen LogP contribution in [-0.4, -0.2) is 41.5 Å². The molecule has 0 aromatic rings. The number of hydrogen-bond acceptors (Lipinski definition) is 3. The van der Waals surface area contributed by atoms with Crippen LogP contribution in [0.25, 0.3) is 0 Å². The minimum absolute atomic E-state index is 0.209. The topological polar surface area (TPSA) is 40.5 Å². The fraction of sp³-hybridized carbons (Fsp3) is 0.929. The molecule has 0 atom stereocenters. The van der Waals surface area contributed by atoms with Crippen LogP contribution >= 0.6 is 0 Å². The minimum Gasteiger partial charge on any atom is -0.396 e. The van der Waals surface area contributed by atoms with Crippen LogP contribution in [0.5, 0.6) is 0 Å². The third-order valence-corrected chi connectivity index (χ3v) is 3.75. The van der Waals surface area contributed by atoms with E-state index in [0.29, 0.717) is 24.3 Å². The highest BCUT2D eigenvalue weighted by molar-refractivity contribution is 5.83. The van der Waals surface area contributed by atoms with Gasteiger partial charge in [0.05, 0.1) is 6.54 Å². The molecule has 100 valence electrons. The van der Waals surface area contributed by atoms with E-state index < -0.39 is 0 Å². The van der Waals surface area contributed by atoms with Gasteiger partial charge in [0.25, 0.3) is 0 Å². The predicted octanol–water partition coefficient (Wildman–Crippen LogP) is 2.23. The molecule has 1 saturated carbocycles. The fourth-order valence-electron chi connectivity index (χ4n) is 2.55. The van der Waals surface area contributed by atoms with E-state index in [0.717, 1.165) is 25.8 Å². The number of rotatable bonds is 7. The molecule has 0 amide bonds. The fourth-order valence-corrected chi connectivity index (χ4v) is 2.55. The van der Waals surface area contributed by atoms with Crippen LogP contribution in [0.1, 0.15) is 52.4 Å². The Morgan fingerprint density at radius 2 is 1.94 bits per heavy atom. The third-order valence-electron chi connectivity index (χ3n) is 3.75. The van der Waals surface area contributed by atoms with E-state index >= 15 is 0 Å². The maximum atomic E-state index is 12.2. The van der Waals surface area contributed by atoms with Gasteiger partial charge in [0, 0.05) is 25.1 Å². The first-order valence-corrected chi connectivity index (χ1v) is 7.02. The summed E-state index contributed by atoms with van der Waals surface area (Å²) in [7, 11) is 0. The molecule has 0 saturated heterocycles. The number of hydrogen-bond donors (Lipinski definition) is 1. The quantitative estimate of drug-likeness (QED) is 0.743. The first-order chi connectivity index (χ1) is 8.15. The monoisotopic (exact) mass is 241 g/mol. The van der Waals surface area contributed by atoms with Gasteiger partial charge in [-0.2, -0.15) is 0 Å². The van der Waals surface area contributed by atoms with Crippen LogP contribution in [0.4, 0.5) is 0 Å². The highest BCUT2D eigenvalue weighted by Crippen LogP contribution is 2.24. The Kier molecular flexibility index (Phi) is 6.75. The molecule has 3 nitrogen and oxygen atoms in total. The van der Waals surface area contributed by atoms with Crippen molar-refractivity contribution in [3.63, 3.8) is 0 Å². The lowest BCUT2D eigenvalue weighted by Crippen LogP contribution is -2.39. The highest BCUT2D eigenvalue weighted by atomic mass is 16.3. The van der Waals surface area contributed by atoms with Crippen LogP contribution in [0.15, 0.2) is 0 Å². The van der Waals surface area contributed by atoms with E-state index in [2.05, 4.69) is 18.7 Å². The summed E-state index contributed by atoms with van der Waals surface area (Å²) in [5.41, 5.74) is 0. The van der Waals surface area contributed by atoms with Gasteiger partial charge in [0.1, 0.15) is 5.78 Å². The average Bonchev–Trinajstić information content (AvgIpc) is 2.35. The number of aliphatic hydroxyl groups is 1. The second-order valence-corrected chi connectivity index (χ2v) is 5.44. The summed E-state index contributed by atoms with van der Waals surface area (Å²) in [5, 5.41) is 8.87. The molecule has 0 aromatic heterocycles. The van der Waals surface area contributed by atoms with Crippen LogP contribution in [0.3, 0.4) is 0 Å². The Morgan fingerprint density at radius 1 is 1.29 bits per heavy atom. The van der Waals surface area contributed by atoms with Gasteiger partial charge in [-0.25, -0.2) is 0 Å². The number of carbonyl (C=O) groups excluding carboxylic acids is 1. The zero-order chi connectivity index (χ0) is 12.7. The summed E-state index contributed by atoms with van der Waals surface area (Å²) in [4.78, 5) is 14.4. The van der Waals surface area contributed by atoms with Crippen LogP contribution in [-0.2, 0) is 4.79 Å². The van der Waals surface area contributed by atoms with Crippen LogP contribution in [0, 0.1) is 5.92 Å². The molecule has 1 fully saturated rings. The first kappa shape index (κ1) is 14.7. The number of aliphatic hydroxyl groups excluding tert-OH is 1. The van der Waals surface area contributed by atoms with Crippen molar-refractivity contribution in [3.05, 3.63) is 0 Å². The van der Waals surface area contributed by atoms with Crippen molar-refractivity contribution in [3.8, 4) is 0 Å². The largest absolute Gasteiger partial charge is 0.396 e. The zero-order valence-corrected chi connectivity index (χ0v) is 11.3. The van der Waals surface area contributed by atoms with Gasteiger partial charge in [-0.1, -0.05) is 19.3 Å². The average molecular weight is 241 g/mol. The Labute approximate surface area is 105 Å². The molecular formula is C14H27NO2. The molecule has 0 aliphatic heterocycles. The Balaban J connectivity index is 2.39. The minimum atomic E-state index is 0.209. The van der Waals surface area contributed by atoms with E-state index in [9.17, 15) is 4.79 Å². The maximum absolute atomic E-state index is 12.2. The van der Waals surface area contributed by atoms with E-state index in [-0.39, 0.29) is 6.61 Å². The smallest absolute Gasteiger partial charge is 0.149 e. The summed E-state index contributed by atoms with van der Waals surface area (Å²) in [6, 6.07) is 0.383. The SMILES string of the molecule is CC(C)N(CCCO)CC(=O)C1CCCCC1. The zero-order valence-electron chi connectivity index (χ0n) is 11.3. The number of Topliss-reactive ketones (excluding diaryl/α,β-unsaturated/α-hetero) is 1. The number of nitrogens with zero attached hydrogens (tertiary/aromatic N) is 1. The van der Waals surface area contributed by atoms with Gasteiger partial charge in [-0.15, -0.1) is 0 Å². The van der Waals surface area contributed by atoms with Gasteiger partial charge < -0.3 is 5.11 Å². The second-order valence-electron chi connectivity index (χ2n) is 5.44. The molecule has 3 heteroatoms. The predicted molar refractivity (Wildman–Crippen MR) is 70.0 cm³/mol. The van der Waals surface area contributed by atoms with E-state index in [1.165, 1.54) is 19.3 Å².